The Morgan fingerprint density at radius 2 is 2.09 bits per heavy atom. The Morgan fingerprint density at radius 3 is 2.59 bits per heavy atom. The Labute approximate surface area is 126 Å². The normalized spacial score (nSPS) is 16.0. The Balaban J connectivity index is 2.13. The molecule has 7 heteroatoms. The lowest BCUT2D eigenvalue weighted by Crippen LogP contribution is -2.41. The number of ether oxygens (including phenoxy) is 1. The summed E-state index contributed by atoms with van der Waals surface area (Å²) in [5, 5.41) is 11.7. The van der Waals surface area contributed by atoms with Gasteiger partial charge in [-0.2, -0.15) is 8.78 Å². The molecule has 0 aromatic heterocycles. The Hall–Kier alpha value is -2.18. The molecule has 2 rings (SSSR count). The fourth-order valence-corrected chi connectivity index (χ4v) is 2.56. The summed E-state index contributed by atoms with van der Waals surface area (Å²) in [4.78, 5) is 23.4. The molecule has 1 amide bonds. The third-order valence-electron chi connectivity index (χ3n) is 3.98. The fourth-order valence-electron chi connectivity index (χ4n) is 2.56. The molecule has 0 unspecified atom stereocenters. The summed E-state index contributed by atoms with van der Waals surface area (Å²) in [7, 11) is 0. The van der Waals surface area contributed by atoms with E-state index in [1.54, 1.807) is 13.0 Å². The number of halogens is 2. The number of hydrogen-bond acceptors (Lipinski definition) is 3. The van der Waals surface area contributed by atoms with Crippen molar-refractivity contribution in [1.82, 2.24) is 0 Å². The molecule has 0 saturated heterocycles. The zero-order chi connectivity index (χ0) is 16.3. The lowest BCUT2D eigenvalue weighted by molar-refractivity contribution is -0.157. The molecule has 0 atom stereocenters. The summed E-state index contributed by atoms with van der Waals surface area (Å²) in [5.41, 5.74) is -0.326. The number of aliphatic carboxylic acids is 1. The quantitative estimate of drug-likeness (QED) is 0.846. The van der Waals surface area contributed by atoms with E-state index in [4.69, 9.17) is 0 Å². The van der Waals surface area contributed by atoms with Crippen LogP contribution in [0.5, 0.6) is 5.75 Å². The van der Waals surface area contributed by atoms with Crippen LogP contribution in [0, 0.1) is 12.3 Å². The first-order valence-electron chi connectivity index (χ1n) is 6.92. The molecule has 1 aliphatic carbocycles. The number of para-hydroxylation sites is 1. The van der Waals surface area contributed by atoms with Crippen LogP contribution < -0.4 is 10.1 Å². The molecule has 2 N–H and O–H groups in total. The van der Waals surface area contributed by atoms with Crippen molar-refractivity contribution < 1.29 is 28.2 Å². The second-order valence-corrected chi connectivity index (χ2v) is 5.49. The number of nitrogens with one attached hydrogen (secondary N) is 1. The van der Waals surface area contributed by atoms with Crippen LogP contribution in [0.25, 0.3) is 0 Å². The van der Waals surface area contributed by atoms with Gasteiger partial charge in [-0.3, -0.25) is 9.59 Å². The topological polar surface area (TPSA) is 75.6 Å². The Kier molecular flexibility index (Phi) is 4.63. The molecule has 0 heterocycles. The molecule has 1 aromatic rings. The molecule has 0 aliphatic heterocycles. The Morgan fingerprint density at radius 1 is 1.41 bits per heavy atom. The van der Waals surface area contributed by atoms with Crippen LogP contribution in [-0.2, 0) is 9.59 Å². The number of benzene rings is 1. The summed E-state index contributed by atoms with van der Waals surface area (Å²) < 4.78 is 29.2. The van der Waals surface area contributed by atoms with E-state index < -0.39 is 23.9 Å². The van der Waals surface area contributed by atoms with E-state index in [1.165, 1.54) is 12.1 Å². The first-order chi connectivity index (χ1) is 10.3. The summed E-state index contributed by atoms with van der Waals surface area (Å²) in [6.45, 7) is -1.36. The van der Waals surface area contributed by atoms with Crippen LogP contribution >= 0.6 is 0 Å². The van der Waals surface area contributed by atoms with E-state index in [0.717, 1.165) is 6.42 Å². The molecule has 1 saturated carbocycles. The highest BCUT2D eigenvalue weighted by Gasteiger charge is 2.46. The molecule has 0 radical (unpaired) electrons. The predicted molar refractivity (Wildman–Crippen MR) is 75.0 cm³/mol. The van der Waals surface area contributed by atoms with Crippen LogP contribution in [0.1, 0.15) is 31.2 Å². The van der Waals surface area contributed by atoms with E-state index in [2.05, 4.69) is 10.1 Å². The molecule has 5 nitrogen and oxygen atoms in total. The molecular formula is C15H17F2NO4. The molecule has 22 heavy (non-hydrogen) atoms. The number of carboxylic acid groups (broad SMARTS) is 1. The van der Waals surface area contributed by atoms with Gasteiger partial charge >= 0.3 is 12.6 Å². The minimum atomic E-state index is -3.01. The maximum absolute atomic E-state index is 12.4. The molecule has 0 spiro atoms. The highest BCUT2D eigenvalue weighted by atomic mass is 19.3. The number of alkyl halides is 2. The van der Waals surface area contributed by atoms with Crippen molar-refractivity contribution in [2.24, 2.45) is 5.41 Å². The average Bonchev–Trinajstić information content (AvgIpc) is 2.37. The lowest BCUT2D eigenvalue weighted by atomic mass is 9.66. The largest absolute Gasteiger partial charge is 0.481 e. The number of carbonyl (C=O) groups is 2. The summed E-state index contributed by atoms with van der Waals surface area (Å²) in [5.74, 6) is -1.65. The highest BCUT2D eigenvalue weighted by molar-refractivity contribution is 5.96. The van der Waals surface area contributed by atoms with Gasteiger partial charge in [-0.15, -0.1) is 0 Å². The summed E-state index contributed by atoms with van der Waals surface area (Å²) >= 11 is 0. The van der Waals surface area contributed by atoms with Gasteiger partial charge in [0.05, 0.1) is 11.1 Å². The highest BCUT2D eigenvalue weighted by Crippen LogP contribution is 2.44. The lowest BCUT2D eigenvalue weighted by Gasteiger charge is -2.37. The van der Waals surface area contributed by atoms with E-state index >= 15 is 0 Å². The number of amides is 1. The molecule has 120 valence electrons. The van der Waals surface area contributed by atoms with Gasteiger partial charge in [-0.25, -0.2) is 0 Å². The van der Waals surface area contributed by atoms with E-state index in [-0.39, 0.29) is 17.9 Å². The predicted octanol–water partition coefficient (Wildman–Crippen LogP) is 3.18. The van der Waals surface area contributed by atoms with Crippen molar-refractivity contribution in [2.75, 3.05) is 5.32 Å². The van der Waals surface area contributed by atoms with Gasteiger partial charge in [-0.05, 0) is 31.4 Å². The van der Waals surface area contributed by atoms with Gasteiger partial charge in [0.25, 0.3) is 0 Å². The van der Waals surface area contributed by atoms with Gasteiger partial charge in [-0.1, -0.05) is 18.6 Å². The van der Waals surface area contributed by atoms with Gasteiger partial charge < -0.3 is 15.2 Å². The van der Waals surface area contributed by atoms with Crippen LogP contribution in [0.2, 0.25) is 0 Å². The molecule has 1 fully saturated rings. The van der Waals surface area contributed by atoms with Crippen molar-refractivity contribution in [1.29, 1.82) is 0 Å². The van der Waals surface area contributed by atoms with E-state index in [9.17, 15) is 23.5 Å². The van der Waals surface area contributed by atoms with Crippen molar-refractivity contribution in [3.63, 3.8) is 0 Å². The number of anilines is 1. The molecule has 1 aliphatic rings. The van der Waals surface area contributed by atoms with Crippen molar-refractivity contribution in [2.45, 2.75) is 39.2 Å². The second kappa shape index (κ2) is 6.29. The number of carbonyl (C=O) groups excluding carboxylic acids is 1. The third-order valence-corrected chi connectivity index (χ3v) is 3.98. The second-order valence-electron chi connectivity index (χ2n) is 5.49. The SMILES string of the molecule is Cc1cccc(OC(F)F)c1NC(=O)CC1(C(=O)O)CCC1. The minimum Gasteiger partial charge on any atom is -0.481 e. The van der Waals surface area contributed by atoms with Gasteiger partial charge in [0.1, 0.15) is 5.75 Å². The Bertz CT molecular complexity index is 585. The fraction of sp³-hybridized carbons (Fsp3) is 0.467. The minimum absolute atomic E-state index is 0.138. The number of rotatable bonds is 6. The third kappa shape index (κ3) is 3.35. The first-order valence-corrected chi connectivity index (χ1v) is 6.92. The molecule has 0 bridgehead atoms. The van der Waals surface area contributed by atoms with Gasteiger partial charge in [0.15, 0.2) is 0 Å². The maximum atomic E-state index is 12.4. The van der Waals surface area contributed by atoms with Crippen LogP contribution in [0.3, 0.4) is 0 Å². The smallest absolute Gasteiger partial charge is 0.387 e. The zero-order valence-corrected chi connectivity index (χ0v) is 12.1. The van der Waals surface area contributed by atoms with Crippen LogP contribution in [0.15, 0.2) is 18.2 Å². The van der Waals surface area contributed by atoms with Crippen LogP contribution in [-0.4, -0.2) is 23.6 Å². The van der Waals surface area contributed by atoms with Crippen molar-refractivity contribution in [3.05, 3.63) is 23.8 Å². The average molecular weight is 313 g/mol. The molecule has 1 aromatic carbocycles. The summed E-state index contributed by atoms with van der Waals surface area (Å²) in [6.07, 6.45) is 1.49. The number of hydrogen-bond donors (Lipinski definition) is 2. The van der Waals surface area contributed by atoms with Gasteiger partial charge in [0, 0.05) is 6.42 Å². The number of aryl methyl sites for hydroxylation is 1. The van der Waals surface area contributed by atoms with Crippen molar-refractivity contribution in [3.8, 4) is 5.75 Å². The van der Waals surface area contributed by atoms with Crippen molar-refractivity contribution >= 4 is 17.6 Å². The standard InChI is InChI=1S/C15H17F2NO4/c1-9-4-2-5-10(22-14(16)17)12(9)18-11(19)8-15(13(20)21)6-3-7-15/h2,4-5,14H,3,6-8H2,1H3,(H,18,19)(H,20,21). The first kappa shape index (κ1) is 16.2. The van der Waals surface area contributed by atoms with E-state index in [1.807, 2.05) is 0 Å². The summed E-state index contributed by atoms with van der Waals surface area (Å²) in [6, 6.07) is 4.50. The van der Waals surface area contributed by atoms with E-state index in [0.29, 0.717) is 18.4 Å². The zero-order valence-electron chi connectivity index (χ0n) is 12.1. The maximum Gasteiger partial charge on any atom is 0.387 e. The number of carboxylic acids is 1. The van der Waals surface area contributed by atoms with Crippen LogP contribution in [0.4, 0.5) is 14.5 Å². The monoisotopic (exact) mass is 313 g/mol. The molecular weight excluding hydrogens is 296 g/mol. The van der Waals surface area contributed by atoms with Gasteiger partial charge in [0.2, 0.25) is 5.91 Å².